The molecule has 1 aromatic rings. The molecule has 2 N–H and O–H groups in total. The van der Waals surface area contributed by atoms with E-state index in [1.54, 1.807) is 6.07 Å². The van der Waals surface area contributed by atoms with Crippen LogP contribution in [0, 0.1) is 17.7 Å². The number of halogens is 1. The normalized spacial score (nSPS) is 24.6. The highest BCUT2D eigenvalue weighted by Crippen LogP contribution is 2.31. The summed E-state index contributed by atoms with van der Waals surface area (Å²) in [5, 5.41) is 12.8. The Morgan fingerprint density at radius 2 is 2.05 bits per heavy atom. The van der Waals surface area contributed by atoms with Crippen molar-refractivity contribution in [2.24, 2.45) is 11.8 Å². The molecule has 0 radical (unpaired) electrons. The van der Waals surface area contributed by atoms with E-state index in [1.807, 2.05) is 12.1 Å². The second kappa shape index (κ2) is 7.01. The zero-order valence-electron chi connectivity index (χ0n) is 11.6. The maximum Gasteiger partial charge on any atom is 0.127 e. The van der Waals surface area contributed by atoms with Gasteiger partial charge in [0.1, 0.15) is 5.82 Å². The van der Waals surface area contributed by atoms with E-state index in [0.717, 1.165) is 24.9 Å². The molecule has 3 atom stereocenters. The van der Waals surface area contributed by atoms with Crippen LogP contribution in [0.3, 0.4) is 0 Å². The molecule has 106 valence electrons. The average Bonchev–Trinajstić information content (AvgIpc) is 2.88. The lowest BCUT2D eigenvalue weighted by Crippen LogP contribution is -2.30. The van der Waals surface area contributed by atoms with Gasteiger partial charge in [-0.1, -0.05) is 31.5 Å². The maximum absolute atomic E-state index is 13.8. The van der Waals surface area contributed by atoms with Crippen molar-refractivity contribution < 1.29 is 9.50 Å². The summed E-state index contributed by atoms with van der Waals surface area (Å²) in [4.78, 5) is 0. The molecule has 3 heteroatoms. The molecular formula is C16H24FNO. The van der Waals surface area contributed by atoms with Crippen LogP contribution in [-0.2, 0) is 0 Å². The van der Waals surface area contributed by atoms with Gasteiger partial charge in [-0.05, 0) is 43.7 Å². The Hall–Kier alpha value is -0.930. The molecule has 1 saturated carbocycles. The van der Waals surface area contributed by atoms with Gasteiger partial charge >= 0.3 is 0 Å². The topological polar surface area (TPSA) is 32.3 Å². The van der Waals surface area contributed by atoms with Crippen LogP contribution >= 0.6 is 0 Å². The summed E-state index contributed by atoms with van der Waals surface area (Å²) in [5.74, 6) is 0.823. The van der Waals surface area contributed by atoms with Crippen LogP contribution in [0.1, 0.15) is 44.2 Å². The molecule has 0 bridgehead atoms. The van der Waals surface area contributed by atoms with E-state index in [9.17, 15) is 9.50 Å². The lowest BCUT2D eigenvalue weighted by atomic mass is 9.95. The SMILES string of the molecule is CCC(NCC1CCCC1CO)c1ccccc1F. The molecule has 0 amide bonds. The Bertz CT molecular complexity index is 396. The van der Waals surface area contributed by atoms with Crippen molar-refractivity contribution in [3.8, 4) is 0 Å². The van der Waals surface area contributed by atoms with Gasteiger partial charge < -0.3 is 10.4 Å². The van der Waals surface area contributed by atoms with Crippen LogP contribution in [-0.4, -0.2) is 18.3 Å². The van der Waals surface area contributed by atoms with Crippen molar-refractivity contribution in [3.63, 3.8) is 0 Å². The van der Waals surface area contributed by atoms with Crippen LogP contribution < -0.4 is 5.32 Å². The Balaban J connectivity index is 1.95. The Kier molecular flexibility index (Phi) is 5.34. The highest BCUT2D eigenvalue weighted by molar-refractivity contribution is 5.21. The number of benzene rings is 1. The summed E-state index contributed by atoms with van der Waals surface area (Å²) >= 11 is 0. The largest absolute Gasteiger partial charge is 0.396 e. The molecule has 0 saturated heterocycles. The molecule has 3 unspecified atom stereocenters. The summed E-state index contributed by atoms with van der Waals surface area (Å²) < 4.78 is 13.8. The first-order valence-corrected chi connectivity index (χ1v) is 7.35. The third-order valence-corrected chi connectivity index (χ3v) is 4.37. The number of aliphatic hydroxyl groups excluding tert-OH is 1. The fourth-order valence-corrected chi connectivity index (χ4v) is 3.15. The Morgan fingerprint density at radius 1 is 1.32 bits per heavy atom. The Morgan fingerprint density at radius 3 is 2.74 bits per heavy atom. The summed E-state index contributed by atoms with van der Waals surface area (Å²) in [6.45, 7) is 3.23. The van der Waals surface area contributed by atoms with Crippen molar-refractivity contribution in [2.75, 3.05) is 13.2 Å². The minimum atomic E-state index is -0.132. The molecule has 2 nitrogen and oxygen atoms in total. The molecule has 1 fully saturated rings. The summed E-state index contributed by atoms with van der Waals surface area (Å²) in [6, 6.07) is 7.06. The third-order valence-electron chi connectivity index (χ3n) is 4.37. The molecule has 0 heterocycles. The minimum absolute atomic E-state index is 0.0705. The Labute approximate surface area is 115 Å². The molecule has 2 rings (SSSR count). The lowest BCUT2D eigenvalue weighted by molar-refractivity contribution is 0.190. The molecule has 1 aliphatic rings. The van der Waals surface area contributed by atoms with Crippen LogP contribution in [0.25, 0.3) is 0 Å². The molecule has 0 aromatic heterocycles. The van der Waals surface area contributed by atoms with E-state index in [-0.39, 0.29) is 18.5 Å². The van der Waals surface area contributed by atoms with Crippen molar-refractivity contribution in [1.82, 2.24) is 5.32 Å². The van der Waals surface area contributed by atoms with Gasteiger partial charge in [-0.3, -0.25) is 0 Å². The zero-order chi connectivity index (χ0) is 13.7. The second-order valence-corrected chi connectivity index (χ2v) is 5.52. The fraction of sp³-hybridized carbons (Fsp3) is 0.625. The molecule has 1 aliphatic carbocycles. The van der Waals surface area contributed by atoms with Crippen LogP contribution in [0.2, 0.25) is 0 Å². The van der Waals surface area contributed by atoms with Crippen LogP contribution in [0.5, 0.6) is 0 Å². The number of nitrogens with one attached hydrogen (secondary N) is 1. The first kappa shape index (κ1) is 14.5. The van der Waals surface area contributed by atoms with E-state index in [2.05, 4.69) is 12.2 Å². The van der Waals surface area contributed by atoms with E-state index in [4.69, 9.17) is 0 Å². The highest BCUT2D eigenvalue weighted by atomic mass is 19.1. The van der Waals surface area contributed by atoms with Crippen LogP contribution in [0.15, 0.2) is 24.3 Å². The van der Waals surface area contributed by atoms with Gasteiger partial charge in [0.2, 0.25) is 0 Å². The van der Waals surface area contributed by atoms with Gasteiger partial charge in [0, 0.05) is 18.2 Å². The van der Waals surface area contributed by atoms with E-state index < -0.39 is 0 Å². The predicted octanol–water partition coefficient (Wildman–Crippen LogP) is 3.28. The summed E-state index contributed by atoms with van der Waals surface area (Å²) in [6.07, 6.45) is 4.37. The minimum Gasteiger partial charge on any atom is -0.396 e. The van der Waals surface area contributed by atoms with Gasteiger partial charge in [-0.2, -0.15) is 0 Å². The molecule has 1 aromatic carbocycles. The van der Waals surface area contributed by atoms with Crippen molar-refractivity contribution in [1.29, 1.82) is 0 Å². The van der Waals surface area contributed by atoms with Gasteiger partial charge in [-0.25, -0.2) is 4.39 Å². The predicted molar refractivity (Wildman–Crippen MR) is 75.4 cm³/mol. The van der Waals surface area contributed by atoms with Gasteiger partial charge in [0.25, 0.3) is 0 Å². The van der Waals surface area contributed by atoms with E-state index >= 15 is 0 Å². The number of hydrogen-bond donors (Lipinski definition) is 2. The number of hydrogen-bond acceptors (Lipinski definition) is 2. The molecular weight excluding hydrogens is 241 g/mol. The standard InChI is InChI=1S/C16H24FNO/c1-2-16(14-8-3-4-9-15(14)17)18-10-12-6-5-7-13(12)11-19/h3-4,8-9,12-13,16,18-19H,2,5-7,10-11H2,1H3. The quantitative estimate of drug-likeness (QED) is 0.827. The average molecular weight is 265 g/mol. The van der Waals surface area contributed by atoms with Crippen molar-refractivity contribution in [2.45, 2.75) is 38.6 Å². The smallest absolute Gasteiger partial charge is 0.127 e. The first-order valence-electron chi connectivity index (χ1n) is 7.35. The van der Waals surface area contributed by atoms with E-state index in [1.165, 1.54) is 18.9 Å². The monoisotopic (exact) mass is 265 g/mol. The van der Waals surface area contributed by atoms with Crippen LogP contribution in [0.4, 0.5) is 4.39 Å². The second-order valence-electron chi connectivity index (χ2n) is 5.52. The van der Waals surface area contributed by atoms with Crippen molar-refractivity contribution >= 4 is 0 Å². The van der Waals surface area contributed by atoms with Crippen molar-refractivity contribution in [3.05, 3.63) is 35.6 Å². The molecule has 0 aliphatic heterocycles. The summed E-state index contributed by atoms with van der Waals surface area (Å²) in [7, 11) is 0. The molecule has 19 heavy (non-hydrogen) atoms. The van der Waals surface area contributed by atoms with Gasteiger partial charge in [0.05, 0.1) is 0 Å². The fourth-order valence-electron chi connectivity index (χ4n) is 3.15. The molecule has 0 spiro atoms. The third kappa shape index (κ3) is 3.54. The maximum atomic E-state index is 13.8. The lowest BCUT2D eigenvalue weighted by Gasteiger charge is -2.23. The van der Waals surface area contributed by atoms with Gasteiger partial charge in [-0.15, -0.1) is 0 Å². The van der Waals surface area contributed by atoms with E-state index in [0.29, 0.717) is 11.8 Å². The van der Waals surface area contributed by atoms with Gasteiger partial charge in [0.15, 0.2) is 0 Å². The number of rotatable bonds is 6. The first-order chi connectivity index (χ1) is 9.26. The highest BCUT2D eigenvalue weighted by Gasteiger charge is 2.27. The number of aliphatic hydroxyl groups is 1. The zero-order valence-corrected chi connectivity index (χ0v) is 11.6. The summed E-state index contributed by atoms with van der Waals surface area (Å²) in [5.41, 5.74) is 0.753.